The number of hydrogen-bond acceptors (Lipinski definition) is 5. The van der Waals surface area contributed by atoms with Crippen molar-refractivity contribution in [3.05, 3.63) is 60.8 Å². The highest BCUT2D eigenvalue weighted by Crippen LogP contribution is 2.16. The average Bonchev–Trinajstić information content (AvgIpc) is 3.25. The van der Waals surface area contributed by atoms with Crippen LogP contribution in [0.25, 0.3) is 0 Å². The molecule has 348 valence electrons. The summed E-state index contributed by atoms with van der Waals surface area (Å²) in [7, 11) is 0. The van der Waals surface area contributed by atoms with Crippen LogP contribution in [0.5, 0.6) is 0 Å². The Bertz CT molecular complexity index is 1040. The fourth-order valence-corrected chi connectivity index (χ4v) is 7.45. The molecule has 0 fully saturated rings. The van der Waals surface area contributed by atoms with Crippen LogP contribution >= 0.6 is 0 Å². The monoisotopic (exact) mass is 839 g/mol. The third kappa shape index (κ3) is 48.3. The highest BCUT2D eigenvalue weighted by atomic mass is 16.6. The van der Waals surface area contributed by atoms with Crippen LogP contribution in [0.2, 0.25) is 0 Å². The van der Waals surface area contributed by atoms with Crippen LogP contribution in [0.1, 0.15) is 258 Å². The molecule has 5 nitrogen and oxygen atoms in total. The lowest BCUT2D eigenvalue weighted by Crippen LogP contribution is -2.28. The maximum Gasteiger partial charge on any atom is 0.306 e. The summed E-state index contributed by atoms with van der Waals surface area (Å²) < 4.78 is 10.6. The SMILES string of the molecule is CC/C=C\C/C=C\C/C=C\C/C=C\CCC(=O)OC(CO)COC(=O)CCCCCCCCCCCCCCCCCCCCCCC/C=C\CCCCCCCCCC. The van der Waals surface area contributed by atoms with Crippen LogP contribution in [-0.2, 0) is 19.1 Å². The van der Waals surface area contributed by atoms with Gasteiger partial charge in [0.25, 0.3) is 0 Å². The molecule has 0 aliphatic carbocycles. The Morgan fingerprint density at radius 2 is 0.750 bits per heavy atom. The van der Waals surface area contributed by atoms with Crippen molar-refractivity contribution in [2.75, 3.05) is 13.2 Å². The first-order valence-corrected chi connectivity index (χ1v) is 25.8. The first-order chi connectivity index (χ1) is 29.6. The molecule has 1 N–H and O–H groups in total. The van der Waals surface area contributed by atoms with Crippen molar-refractivity contribution < 1.29 is 24.2 Å². The minimum atomic E-state index is -0.810. The Morgan fingerprint density at radius 1 is 0.400 bits per heavy atom. The van der Waals surface area contributed by atoms with Gasteiger partial charge in [-0.1, -0.05) is 242 Å². The Balaban J connectivity index is 3.43. The van der Waals surface area contributed by atoms with Crippen molar-refractivity contribution in [2.24, 2.45) is 0 Å². The van der Waals surface area contributed by atoms with Crippen molar-refractivity contribution in [3.8, 4) is 0 Å². The number of carbonyl (C=O) groups is 2. The number of aliphatic hydroxyl groups is 1. The number of ether oxygens (including phenoxy) is 2. The predicted octanol–water partition coefficient (Wildman–Crippen LogP) is 17.1. The molecule has 0 radical (unpaired) electrons. The lowest BCUT2D eigenvalue weighted by atomic mass is 10.0. The Labute approximate surface area is 372 Å². The zero-order valence-corrected chi connectivity index (χ0v) is 39.7. The Morgan fingerprint density at radius 3 is 1.15 bits per heavy atom. The molecule has 0 aromatic rings. The van der Waals surface area contributed by atoms with Gasteiger partial charge in [0.15, 0.2) is 6.10 Å². The van der Waals surface area contributed by atoms with E-state index in [2.05, 4.69) is 62.5 Å². The molecular formula is C55H98O5. The fraction of sp³-hybridized carbons (Fsp3) is 0.782. The lowest BCUT2D eigenvalue weighted by molar-refractivity contribution is -0.161. The number of carbonyl (C=O) groups excluding carboxylic acids is 2. The van der Waals surface area contributed by atoms with E-state index in [9.17, 15) is 14.7 Å². The maximum atomic E-state index is 12.2. The summed E-state index contributed by atoms with van der Waals surface area (Å²) in [4.78, 5) is 24.3. The van der Waals surface area contributed by atoms with E-state index in [1.54, 1.807) is 0 Å². The molecule has 1 atom stereocenters. The Hall–Kier alpha value is -2.40. The van der Waals surface area contributed by atoms with Gasteiger partial charge >= 0.3 is 11.9 Å². The molecule has 0 aromatic carbocycles. The molecule has 0 aliphatic rings. The number of aliphatic hydroxyl groups excluding tert-OH is 1. The molecule has 5 heteroatoms. The van der Waals surface area contributed by atoms with E-state index < -0.39 is 12.1 Å². The third-order valence-electron chi connectivity index (χ3n) is 11.3. The fourth-order valence-electron chi connectivity index (χ4n) is 7.45. The highest BCUT2D eigenvalue weighted by Gasteiger charge is 2.15. The number of unbranched alkanes of at least 4 members (excludes halogenated alkanes) is 29. The van der Waals surface area contributed by atoms with Crippen molar-refractivity contribution >= 4 is 11.9 Å². The van der Waals surface area contributed by atoms with E-state index in [4.69, 9.17) is 9.47 Å². The molecule has 0 rings (SSSR count). The average molecular weight is 839 g/mol. The second-order valence-corrected chi connectivity index (χ2v) is 17.2. The summed E-state index contributed by atoms with van der Waals surface area (Å²) in [5, 5.41) is 9.57. The summed E-state index contributed by atoms with van der Waals surface area (Å²) in [6, 6.07) is 0. The zero-order valence-electron chi connectivity index (χ0n) is 39.7. The van der Waals surface area contributed by atoms with Crippen molar-refractivity contribution in [1.82, 2.24) is 0 Å². The molecule has 0 saturated heterocycles. The van der Waals surface area contributed by atoms with Gasteiger partial charge in [-0.3, -0.25) is 9.59 Å². The second kappa shape index (κ2) is 51.0. The summed E-state index contributed by atoms with van der Waals surface area (Å²) in [6.45, 7) is 3.98. The van der Waals surface area contributed by atoms with E-state index in [1.807, 2.05) is 12.2 Å². The molecule has 0 heterocycles. The smallest absolute Gasteiger partial charge is 0.306 e. The van der Waals surface area contributed by atoms with Crippen molar-refractivity contribution in [2.45, 2.75) is 264 Å². The number of allylic oxidation sites excluding steroid dienone is 10. The van der Waals surface area contributed by atoms with E-state index in [0.717, 1.165) is 44.9 Å². The van der Waals surface area contributed by atoms with Crippen molar-refractivity contribution in [1.29, 1.82) is 0 Å². The summed E-state index contributed by atoms with van der Waals surface area (Å²) in [5.41, 5.74) is 0. The normalized spacial score (nSPS) is 12.7. The number of esters is 2. The molecule has 0 aromatic heterocycles. The topological polar surface area (TPSA) is 72.8 Å². The molecule has 60 heavy (non-hydrogen) atoms. The van der Waals surface area contributed by atoms with Gasteiger partial charge in [0, 0.05) is 12.8 Å². The maximum absolute atomic E-state index is 12.2. The minimum Gasteiger partial charge on any atom is -0.462 e. The molecule has 0 amide bonds. The summed E-state index contributed by atoms with van der Waals surface area (Å²) in [5.74, 6) is -0.679. The van der Waals surface area contributed by atoms with Gasteiger partial charge < -0.3 is 14.6 Å². The first kappa shape index (κ1) is 57.6. The standard InChI is InChI=1S/C55H98O5/c1-3-5-7-9-11-13-15-17-18-19-20-21-22-23-24-25-26-27-28-29-30-31-32-33-34-35-36-38-39-41-43-45-47-49-54(57)59-52-53(51-56)60-55(58)50-48-46-44-42-40-37-16-14-12-10-8-6-4-2/h6,8,12,14,19-20,37,40,44,46,53,56H,3-5,7,9-11,13,15-18,21-36,38-39,41-43,45,47-52H2,1-2H3/b8-6-,14-12-,20-19-,40-37-,46-44-. The van der Waals surface area contributed by atoms with Crippen LogP contribution in [0, 0.1) is 0 Å². The highest BCUT2D eigenvalue weighted by molar-refractivity contribution is 5.70. The molecule has 0 aliphatic heterocycles. The molecule has 0 spiro atoms. The van der Waals surface area contributed by atoms with Crippen LogP contribution < -0.4 is 0 Å². The largest absolute Gasteiger partial charge is 0.462 e. The van der Waals surface area contributed by atoms with E-state index in [0.29, 0.717) is 12.8 Å². The molecule has 0 bridgehead atoms. The van der Waals surface area contributed by atoms with Gasteiger partial charge in [0.05, 0.1) is 6.61 Å². The van der Waals surface area contributed by atoms with Crippen LogP contribution in [0.3, 0.4) is 0 Å². The van der Waals surface area contributed by atoms with Gasteiger partial charge in [0.2, 0.25) is 0 Å². The quantitative estimate of drug-likeness (QED) is 0.0375. The van der Waals surface area contributed by atoms with Gasteiger partial charge in [-0.2, -0.15) is 0 Å². The molecular weight excluding hydrogens is 741 g/mol. The molecule has 1 unspecified atom stereocenters. The predicted molar refractivity (Wildman–Crippen MR) is 260 cm³/mol. The van der Waals surface area contributed by atoms with E-state index >= 15 is 0 Å². The van der Waals surface area contributed by atoms with Gasteiger partial charge in [-0.25, -0.2) is 0 Å². The van der Waals surface area contributed by atoms with Crippen LogP contribution in [0.15, 0.2) is 60.8 Å². The lowest BCUT2D eigenvalue weighted by Gasteiger charge is -2.15. The minimum absolute atomic E-state index is 0.0939. The summed E-state index contributed by atoms with van der Waals surface area (Å²) >= 11 is 0. The van der Waals surface area contributed by atoms with Crippen LogP contribution in [-0.4, -0.2) is 36.4 Å². The second-order valence-electron chi connectivity index (χ2n) is 17.2. The van der Waals surface area contributed by atoms with Gasteiger partial charge in [-0.05, 0) is 64.2 Å². The van der Waals surface area contributed by atoms with E-state index in [-0.39, 0.29) is 25.6 Å². The van der Waals surface area contributed by atoms with Crippen molar-refractivity contribution in [3.63, 3.8) is 0 Å². The zero-order chi connectivity index (χ0) is 43.5. The third-order valence-corrected chi connectivity index (χ3v) is 11.3. The first-order valence-electron chi connectivity index (χ1n) is 25.8. The summed E-state index contributed by atoms with van der Waals surface area (Å²) in [6.07, 6.45) is 67.9. The van der Waals surface area contributed by atoms with Crippen LogP contribution in [0.4, 0.5) is 0 Å². The molecule has 0 saturated carbocycles. The number of hydrogen-bond donors (Lipinski definition) is 1. The van der Waals surface area contributed by atoms with Gasteiger partial charge in [-0.15, -0.1) is 0 Å². The Kier molecular flexibility index (Phi) is 48.9. The van der Waals surface area contributed by atoms with Gasteiger partial charge in [0.1, 0.15) is 6.61 Å². The van der Waals surface area contributed by atoms with E-state index in [1.165, 1.54) is 180 Å². The number of rotatable bonds is 47.